The molecule has 0 fully saturated rings. The summed E-state index contributed by atoms with van der Waals surface area (Å²) in [6.45, 7) is 12.6. The summed E-state index contributed by atoms with van der Waals surface area (Å²) < 4.78 is 22.4. The predicted molar refractivity (Wildman–Crippen MR) is 161 cm³/mol. The van der Waals surface area contributed by atoms with E-state index in [0.29, 0.717) is 32.8 Å². The van der Waals surface area contributed by atoms with Crippen LogP contribution in [0.4, 0.5) is 0 Å². The maximum absolute atomic E-state index is 11.9. The van der Waals surface area contributed by atoms with E-state index in [1.165, 1.54) is 96.3 Å². The number of rotatable bonds is 29. The molecule has 0 aliphatic carbocycles. The lowest BCUT2D eigenvalue weighted by Crippen LogP contribution is -2.31. The predicted octanol–water partition coefficient (Wildman–Crippen LogP) is 9.59. The first-order valence-corrected chi connectivity index (χ1v) is 16.1. The highest BCUT2D eigenvalue weighted by atomic mass is 16.6. The van der Waals surface area contributed by atoms with Gasteiger partial charge in [-0.2, -0.15) is 0 Å². The van der Waals surface area contributed by atoms with Gasteiger partial charge >= 0.3 is 5.97 Å². The molecule has 0 amide bonds. The Balaban J connectivity index is 3.37. The van der Waals surface area contributed by atoms with Crippen molar-refractivity contribution in [2.45, 2.75) is 174 Å². The Hall–Kier alpha value is -0.650. The zero-order valence-electron chi connectivity index (χ0n) is 26.5. The Bertz CT molecular complexity index is 518. The first kappa shape index (κ1) is 37.4. The third-order valence-corrected chi connectivity index (χ3v) is 7.57. The first-order chi connectivity index (χ1) is 18.2. The number of hydrogen-bond donors (Lipinski definition) is 0. The summed E-state index contributed by atoms with van der Waals surface area (Å²) in [5, 5.41) is 0. The molecule has 0 aliphatic rings. The van der Waals surface area contributed by atoms with Gasteiger partial charge in [0.25, 0.3) is 0 Å². The SMILES string of the molecule is CCCCCCCCCCCCCCCCCCCC(=O)OCCOCCC(C)(C)OCCC(C)(C)OC. The number of methoxy groups -OCH3 is 1. The normalized spacial score (nSPS) is 12.3. The van der Waals surface area contributed by atoms with Gasteiger partial charge in [0.05, 0.1) is 24.4 Å². The Morgan fingerprint density at radius 1 is 0.553 bits per heavy atom. The average Bonchev–Trinajstić information content (AvgIpc) is 2.87. The first-order valence-electron chi connectivity index (χ1n) is 16.1. The topological polar surface area (TPSA) is 54.0 Å². The van der Waals surface area contributed by atoms with Gasteiger partial charge in [0, 0.05) is 20.1 Å². The van der Waals surface area contributed by atoms with Crippen molar-refractivity contribution in [3.63, 3.8) is 0 Å². The summed E-state index contributed by atoms with van der Waals surface area (Å²) in [7, 11) is 1.73. The molecule has 0 saturated heterocycles. The van der Waals surface area contributed by atoms with Gasteiger partial charge < -0.3 is 18.9 Å². The fourth-order valence-electron chi connectivity index (χ4n) is 4.45. The Kier molecular flexibility index (Phi) is 24.9. The highest BCUT2D eigenvalue weighted by Gasteiger charge is 2.21. The molecule has 228 valence electrons. The van der Waals surface area contributed by atoms with Crippen molar-refractivity contribution in [2.75, 3.05) is 33.5 Å². The molecular formula is C33H66O5. The lowest BCUT2D eigenvalue weighted by atomic mass is 10.0. The third kappa shape index (κ3) is 26.9. The summed E-state index contributed by atoms with van der Waals surface area (Å²) in [6, 6.07) is 0. The number of hydrogen-bond acceptors (Lipinski definition) is 5. The van der Waals surface area contributed by atoms with Crippen LogP contribution in [0.5, 0.6) is 0 Å². The highest BCUT2D eigenvalue weighted by Crippen LogP contribution is 2.19. The minimum absolute atomic E-state index is 0.0982. The molecule has 5 nitrogen and oxygen atoms in total. The molecule has 0 saturated carbocycles. The van der Waals surface area contributed by atoms with Crippen LogP contribution < -0.4 is 0 Å². The number of carbonyl (C=O) groups is 1. The van der Waals surface area contributed by atoms with Crippen LogP contribution in [0.3, 0.4) is 0 Å². The monoisotopic (exact) mass is 542 g/mol. The van der Waals surface area contributed by atoms with Crippen molar-refractivity contribution in [2.24, 2.45) is 0 Å². The minimum Gasteiger partial charge on any atom is -0.463 e. The molecule has 0 aliphatic heterocycles. The molecule has 0 aromatic rings. The summed E-state index contributed by atoms with van der Waals surface area (Å²) in [4.78, 5) is 11.9. The fourth-order valence-corrected chi connectivity index (χ4v) is 4.45. The van der Waals surface area contributed by atoms with Crippen molar-refractivity contribution < 1.29 is 23.7 Å². The molecule has 0 aromatic heterocycles. The lowest BCUT2D eigenvalue weighted by Gasteiger charge is -2.28. The maximum atomic E-state index is 11.9. The fraction of sp³-hybridized carbons (Fsp3) is 0.970. The molecule has 0 aromatic carbocycles. The van der Waals surface area contributed by atoms with Crippen molar-refractivity contribution in [1.29, 1.82) is 0 Å². The van der Waals surface area contributed by atoms with Crippen LogP contribution in [0.25, 0.3) is 0 Å². The van der Waals surface area contributed by atoms with Crippen LogP contribution >= 0.6 is 0 Å². The molecule has 38 heavy (non-hydrogen) atoms. The van der Waals surface area contributed by atoms with Gasteiger partial charge in [0.2, 0.25) is 0 Å². The van der Waals surface area contributed by atoms with Crippen LogP contribution in [0.15, 0.2) is 0 Å². The number of ether oxygens (including phenoxy) is 4. The largest absolute Gasteiger partial charge is 0.463 e. The van der Waals surface area contributed by atoms with Crippen LogP contribution in [0.1, 0.15) is 163 Å². The number of unbranched alkanes of at least 4 members (excludes halogenated alkanes) is 16. The number of carbonyl (C=O) groups excluding carboxylic acids is 1. The van der Waals surface area contributed by atoms with Crippen LogP contribution in [-0.4, -0.2) is 50.7 Å². The van der Waals surface area contributed by atoms with E-state index in [9.17, 15) is 4.79 Å². The lowest BCUT2D eigenvalue weighted by molar-refractivity contribution is -0.145. The second-order valence-electron chi connectivity index (χ2n) is 12.3. The standard InChI is InChI=1S/C33H66O5/c1-7-8-9-10-11-12-13-14-15-16-17-18-19-20-21-22-23-24-31(34)37-30-29-36-27-25-33(4,5)38-28-26-32(2,3)35-6/h7-30H2,1-6H3. The van der Waals surface area contributed by atoms with Gasteiger partial charge in [-0.3, -0.25) is 4.79 Å². The smallest absolute Gasteiger partial charge is 0.305 e. The van der Waals surface area contributed by atoms with Gasteiger partial charge in [-0.05, 0) is 47.0 Å². The minimum atomic E-state index is -0.243. The number of esters is 1. The Morgan fingerprint density at radius 3 is 1.47 bits per heavy atom. The van der Waals surface area contributed by atoms with E-state index in [1.54, 1.807) is 7.11 Å². The molecule has 0 unspecified atom stereocenters. The van der Waals surface area contributed by atoms with E-state index in [0.717, 1.165) is 25.7 Å². The van der Waals surface area contributed by atoms with Gasteiger partial charge in [-0.1, -0.05) is 110 Å². The molecular weight excluding hydrogens is 476 g/mol. The van der Waals surface area contributed by atoms with E-state index < -0.39 is 0 Å². The third-order valence-electron chi connectivity index (χ3n) is 7.57. The highest BCUT2D eigenvalue weighted by molar-refractivity contribution is 5.69. The van der Waals surface area contributed by atoms with Crippen molar-refractivity contribution in [3.8, 4) is 0 Å². The van der Waals surface area contributed by atoms with Crippen molar-refractivity contribution in [1.82, 2.24) is 0 Å². The molecule has 0 bridgehead atoms. The van der Waals surface area contributed by atoms with Gasteiger partial charge in [0.1, 0.15) is 6.61 Å². The molecule has 0 heterocycles. The van der Waals surface area contributed by atoms with E-state index in [-0.39, 0.29) is 17.2 Å². The van der Waals surface area contributed by atoms with E-state index in [1.807, 2.05) is 0 Å². The molecule has 0 radical (unpaired) electrons. The summed E-state index contributed by atoms with van der Waals surface area (Å²) >= 11 is 0. The van der Waals surface area contributed by atoms with E-state index >= 15 is 0 Å². The van der Waals surface area contributed by atoms with Crippen LogP contribution in [0, 0.1) is 0 Å². The van der Waals surface area contributed by atoms with Crippen LogP contribution in [-0.2, 0) is 23.7 Å². The second kappa shape index (κ2) is 25.3. The Morgan fingerprint density at radius 2 is 1.00 bits per heavy atom. The maximum Gasteiger partial charge on any atom is 0.305 e. The van der Waals surface area contributed by atoms with Gasteiger partial charge in [-0.25, -0.2) is 0 Å². The van der Waals surface area contributed by atoms with Crippen LogP contribution in [0.2, 0.25) is 0 Å². The van der Waals surface area contributed by atoms with Crippen molar-refractivity contribution >= 4 is 5.97 Å². The van der Waals surface area contributed by atoms with Gasteiger partial charge in [0.15, 0.2) is 0 Å². The van der Waals surface area contributed by atoms with E-state index in [2.05, 4.69) is 34.6 Å². The zero-order valence-corrected chi connectivity index (χ0v) is 26.5. The summed E-state index contributed by atoms with van der Waals surface area (Å²) in [5.41, 5.74) is -0.407. The van der Waals surface area contributed by atoms with E-state index in [4.69, 9.17) is 18.9 Å². The molecule has 0 atom stereocenters. The summed E-state index contributed by atoms with van der Waals surface area (Å²) in [5.74, 6) is -0.0982. The zero-order chi connectivity index (χ0) is 28.4. The molecule has 0 spiro atoms. The quantitative estimate of drug-likeness (QED) is 0.0695. The van der Waals surface area contributed by atoms with Crippen molar-refractivity contribution in [3.05, 3.63) is 0 Å². The second-order valence-corrected chi connectivity index (χ2v) is 12.3. The molecule has 0 N–H and O–H groups in total. The molecule has 0 rings (SSSR count). The molecule has 5 heteroatoms. The van der Waals surface area contributed by atoms with Gasteiger partial charge in [-0.15, -0.1) is 0 Å². The summed E-state index contributed by atoms with van der Waals surface area (Å²) in [6.07, 6.45) is 25.1. The average molecular weight is 543 g/mol. The Labute approximate surface area is 237 Å².